The third-order valence-corrected chi connectivity index (χ3v) is 6.66. The molecule has 3 fully saturated rings. The third kappa shape index (κ3) is 3.59. The van der Waals surface area contributed by atoms with Crippen LogP contribution in [0.25, 0.3) is 0 Å². The molecule has 1 aromatic heterocycles. The molecule has 1 amide bonds. The largest absolute Gasteiger partial charge is 0.363 e. The number of hydrogen-bond donors (Lipinski definition) is 1. The Morgan fingerprint density at radius 1 is 1.19 bits per heavy atom. The lowest BCUT2D eigenvalue weighted by atomic mass is 9.73. The van der Waals surface area contributed by atoms with E-state index in [4.69, 9.17) is 0 Å². The first-order valence-corrected chi connectivity index (χ1v) is 10.1. The normalized spacial score (nSPS) is 27.3. The number of rotatable bonds is 4. The number of carbonyl (C=O) groups excluding carboxylic acids is 1. The van der Waals surface area contributed by atoms with Crippen molar-refractivity contribution in [1.29, 1.82) is 0 Å². The molecule has 3 aliphatic rings. The number of nitrogens with zero attached hydrogens (tertiary/aromatic N) is 2. The monoisotopic (exact) mass is 357 g/mol. The molecular formula is C21H31N3O2. The molecule has 1 N–H and O–H groups in total. The summed E-state index contributed by atoms with van der Waals surface area (Å²) in [5.41, 5.74) is 3.07. The molecule has 1 saturated carbocycles. The predicted molar refractivity (Wildman–Crippen MR) is 102 cm³/mol. The Kier molecular flexibility index (Phi) is 4.68. The Balaban J connectivity index is 1.46. The van der Waals surface area contributed by atoms with Gasteiger partial charge in [0.2, 0.25) is 5.91 Å². The van der Waals surface area contributed by atoms with Crippen LogP contribution in [0.5, 0.6) is 0 Å². The number of aromatic nitrogens is 1. The highest BCUT2D eigenvalue weighted by Gasteiger charge is 2.42. The molecule has 2 saturated heterocycles. The zero-order valence-corrected chi connectivity index (χ0v) is 16.1. The number of H-pyrrole nitrogens is 1. The molecule has 3 heterocycles. The van der Waals surface area contributed by atoms with Crippen molar-refractivity contribution in [2.75, 3.05) is 26.2 Å². The van der Waals surface area contributed by atoms with Crippen LogP contribution in [0.15, 0.2) is 11.0 Å². The molecule has 1 aliphatic carbocycles. The highest BCUT2D eigenvalue weighted by atomic mass is 16.2. The second-order valence-electron chi connectivity index (χ2n) is 8.94. The van der Waals surface area contributed by atoms with Gasteiger partial charge in [-0.2, -0.15) is 0 Å². The maximum Gasteiger partial charge on any atom is 0.222 e. The average Bonchev–Trinajstić information content (AvgIpc) is 3.43. The Morgan fingerprint density at radius 2 is 2.00 bits per heavy atom. The first kappa shape index (κ1) is 17.8. The lowest BCUT2D eigenvalue weighted by Crippen LogP contribution is -2.54. The molecule has 1 unspecified atom stereocenters. The summed E-state index contributed by atoms with van der Waals surface area (Å²) in [7, 11) is 0. The highest BCUT2D eigenvalue weighted by molar-refractivity contribution is 5.77. The zero-order chi connectivity index (χ0) is 18.3. The standard InChI is InChI=1S/C21H31N3O2/c1-15-10-22-18(16(2)20(15)26)12-23-9-3-7-21(13-23)8-6-19(25)24(14-21)11-17-4-5-17/h10,17H,3-9,11-14H2,1-2H3,(H,22,26). The number of likely N-dealkylation sites (tertiary alicyclic amines) is 2. The molecular weight excluding hydrogens is 326 g/mol. The van der Waals surface area contributed by atoms with E-state index in [2.05, 4.69) is 14.8 Å². The van der Waals surface area contributed by atoms with E-state index in [1.54, 1.807) is 0 Å². The van der Waals surface area contributed by atoms with E-state index >= 15 is 0 Å². The van der Waals surface area contributed by atoms with Gasteiger partial charge in [-0.1, -0.05) is 0 Å². The number of carbonyl (C=O) groups is 1. The predicted octanol–water partition coefficient (Wildman–Crippen LogP) is 2.61. The van der Waals surface area contributed by atoms with Gasteiger partial charge >= 0.3 is 0 Å². The number of piperidine rings is 2. The van der Waals surface area contributed by atoms with Gasteiger partial charge in [0.1, 0.15) is 0 Å². The number of nitrogens with one attached hydrogen (secondary N) is 1. The molecule has 142 valence electrons. The van der Waals surface area contributed by atoms with Crippen LogP contribution < -0.4 is 5.43 Å². The van der Waals surface area contributed by atoms with E-state index in [1.807, 2.05) is 20.0 Å². The Hall–Kier alpha value is -1.62. The van der Waals surface area contributed by atoms with Gasteiger partial charge in [0, 0.05) is 61.0 Å². The van der Waals surface area contributed by atoms with Crippen molar-refractivity contribution in [3.8, 4) is 0 Å². The van der Waals surface area contributed by atoms with Crippen molar-refractivity contribution in [2.24, 2.45) is 11.3 Å². The summed E-state index contributed by atoms with van der Waals surface area (Å²) in [5, 5.41) is 0. The van der Waals surface area contributed by atoms with Crippen LogP contribution in [0.3, 0.4) is 0 Å². The summed E-state index contributed by atoms with van der Waals surface area (Å²) in [6.45, 7) is 8.62. The van der Waals surface area contributed by atoms with Gasteiger partial charge in [-0.05, 0) is 58.4 Å². The zero-order valence-electron chi connectivity index (χ0n) is 16.1. The Labute approximate surface area is 155 Å². The summed E-state index contributed by atoms with van der Waals surface area (Å²) >= 11 is 0. The minimum absolute atomic E-state index is 0.157. The molecule has 1 atom stereocenters. The highest BCUT2D eigenvalue weighted by Crippen LogP contribution is 2.41. The van der Waals surface area contributed by atoms with Gasteiger partial charge in [0.15, 0.2) is 5.43 Å². The van der Waals surface area contributed by atoms with Crippen LogP contribution in [0.2, 0.25) is 0 Å². The van der Waals surface area contributed by atoms with Crippen LogP contribution >= 0.6 is 0 Å². The van der Waals surface area contributed by atoms with E-state index in [0.717, 1.165) is 61.9 Å². The average molecular weight is 357 g/mol. The van der Waals surface area contributed by atoms with Crippen LogP contribution in [0.4, 0.5) is 0 Å². The van der Waals surface area contributed by atoms with E-state index in [0.29, 0.717) is 12.3 Å². The SMILES string of the molecule is Cc1c[nH]c(CN2CCCC3(CCC(=O)N(CC4CC4)C3)C2)c(C)c1=O. The molecule has 1 aromatic rings. The fourth-order valence-corrected chi connectivity index (χ4v) is 4.85. The van der Waals surface area contributed by atoms with Crippen molar-refractivity contribution in [3.63, 3.8) is 0 Å². The Bertz CT molecular complexity index is 752. The summed E-state index contributed by atoms with van der Waals surface area (Å²) in [6, 6.07) is 0. The molecule has 0 radical (unpaired) electrons. The van der Waals surface area contributed by atoms with Crippen LogP contribution in [0.1, 0.15) is 55.3 Å². The number of hydrogen-bond acceptors (Lipinski definition) is 3. The molecule has 5 heteroatoms. The number of amides is 1. The lowest BCUT2D eigenvalue weighted by Gasteiger charge is -2.48. The maximum atomic E-state index is 12.3. The molecule has 0 bridgehead atoms. The second kappa shape index (κ2) is 6.84. The second-order valence-corrected chi connectivity index (χ2v) is 8.94. The smallest absolute Gasteiger partial charge is 0.222 e. The molecule has 5 nitrogen and oxygen atoms in total. The first-order valence-electron chi connectivity index (χ1n) is 10.1. The number of pyridine rings is 1. The van der Waals surface area contributed by atoms with Gasteiger partial charge in [0.05, 0.1) is 0 Å². The van der Waals surface area contributed by atoms with Crippen LogP contribution in [-0.4, -0.2) is 46.9 Å². The van der Waals surface area contributed by atoms with Crippen molar-refractivity contribution >= 4 is 5.91 Å². The lowest BCUT2D eigenvalue weighted by molar-refractivity contribution is -0.139. The van der Waals surface area contributed by atoms with Gasteiger partial charge in [-0.15, -0.1) is 0 Å². The fraction of sp³-hybridized carbons (Fsp3) is 0.714. The minimum Gasteiger partial charge on any atom is -0.363 e. The summed E-state index contributed by atoms with van der Waals surface area (Å²) in [4.78, 5) is 32.5. The van der Waals surface area contributed by atoms with E-state index in [-0.39, 0.29) is 10.8 Å². The number of aryl methyl sites for hydroxylation is 1. The van der Waals surface area contributed by atoms with Crippen LogP contribution in [-0.2, 0) is 11.3 Å². The molecule has 2 aliphatic heterocycles. The molecule has 0 aromatic carbocycles. The summed E-state index contributed by atoms with van der Waals surface area (Å²) in [5.74, 6) is 1.12. The van der Waals surface area contributed by atoms with Crippen molar-refractivity contribution in [1.82, 2.24) is 14.8 Å². The Morgan fingerprint density at radius 3 is 2.77 bits per heavy atom. The first-order chi connectivity index (χ1) is 12.5. The molecule has 1 spiro atoms. The van der Waals surface area contributed by atoms with E-state index < -0.39 is 0 Å². The van der Waals surface area contributed by atoms with Gasteiger partial charge in [-0.3, -0.25) is 14.5 Å². The molecule has 26 heavy (non-hydrogen) atoms. The van der Waals surface area contributed by atoms with Gasteiger partial charge in [0.25, 0.3) is 0 Å². The van der Waals surface area contributed by atoms with Crippen molar-refractivity contribution in [2.45, 2.75) is 58.9 Å². The van der Waals surface area contributed by atoms with E-state index in [9.17, 15) is 9.59 Å². The summed E-state index contributed by atoms with van der Waals surface area (Å²) in [6.07, 6.45) is 8.56. The number of aromatic amines is 1. The fourth-order valence-electron chi connectivity index (χ4n) is 4.85. The van der Waals surface area contributed by atoms with E-state index in [1.165, 1.54) is 25.7 Å². The topological polar surface area (TPSA) is 56.4 Å². The van der Waals surface area contributed by atoms with Gasteiger partial charge < -0.3 is 9.88 Å². The van der Waals surface area contributed by atoms with Crippen molar-refractivity contribution < 1.29 is 4.79 Å². The third-order valence-electron chi connectivity index (χ3n) is 6.66. The molecule has 4 rings (SSSR count). The minimum atomic E-state index is 0.157. The van der Waals surface area contributed by atoms with Crippen molar-refractivity contribution in [3.05, 3.63) is 33.2 Å². The maximum absolute atomic E-state index is 12.3. The summed E-state index contributed by atoms with van der Waals surface area (Å²) < 4.78 is 0. The quantitative estimate of drug-likeness (QED) is 0.901. The van der Waals surface area contributed by atoms with Crippen LogP contribution in [0, 0.1) is 25.2 Å². The van der Waals surface area contributed by atoms with Gasteiger partial charge in [-0.25, -0.2) is 0 Å².